The summed E-state index contributed by atoms with van der Waals surface area (Å²) in [6.45, 7) is 2.61. The first-order valence-corrected chi connectivity index (χ1v) is 7.52. The molecule has 0 radical (unpaired) electrons. The minimum atomic E-state index is -0.0488. The molecule has 1 N–H and O–H groups in total. The van der Waals surface area contributed by atoms with Crippen LogP contribution in [0.4, 0.5) is 0 Å². The highest BCUT2D eigenvalue weighted by Gasteiger charge is 2.31. The van der Waals surface area contributed by atoms with Crippen molar-refractivity contribution in [1.82, 2.24) is 10.2 Å². The van der Waals surface area contributed by atoms with Crippen molar-refractivity contribution in [2.75, 3.05) is 19.6 Å². The molecule has 20 heavy (non-hydrogen) atoms. The standard InChI is InChI=1S/C15H22N4O/c16-7-1-2-12(10-17)11-19-8-5-14(6-9-19)18-15(20)13-3-4-13/h12-14H,1-6,8-9,11H2,(H,18,20). The van der Waals surface area contributed by atoms with E-state index in [4.69, 9.17) is 10.5 Å². The molecule has 1 aliphatic carbocycles. The van der Waals surface area contributed by atoms with E-state index in [9.17, 15) is 4.79 Å². The van der Waals surface area contributed by atoms with E-state index in [-0.39, 0.29) is 17.7 Å². The highest BCUT2D eigenvalue weighted by molar-refractivity contribution is 5.81. The fourth-order valence-corrected chi connectivity index (χ4v) is 2.67. The van der Waals surface area contributed by atoms with Crippen molar-refractivity contribution in [3.8, 4) is 12.1 Å². The number of hydrogen-bond donors (Lipinski definition) is 1. The van der Waals surface area contributed by atoms with Gasteiger partial charge in [0, 0.05) is 38.0 Å². The smallest absolute Gasteiger partial charge is 0.223 e. The topological polar surface area (TPSA) is 79.9 Å². The monoisotopic (exact) mass is 274 g/mol. The molecule has 0 aromatic heterocycles. The van der Waals surface area contributed by atoms with Gasteiger partial charge in [0.05, 0.1) is 18.1 Å². The number of nitrogens with one attached hydrogen (secondary N) is 1. The van der Waals surface area contributed by atoms with Crippen molar-refractivity contribution in [3.63, 3.8) is 0 Å². The third kappa shape index (κ3) is 4.51. The first-order chi connectivity index (χ1) is 9.72. The van der Waals surface area contributed by atoms with Crippen LogP contribution in [0.5, 0.6) is 0 Å². The van der Waals surface area contributed by atoms with Gasteiger partial charge in [-0.15, -0.1) is 0 Å². The summed E-state index contributed by atoms with van der Waals surface area (Å²) >= 11 is 0. The first-order valence-electron chi connectivity index (χ1n) is 7.52. The lowest BCUT2D eigenvalue weighted by Crippen LogP contribution is -2.46. The quantitative estimate of drug-likeness (QED) is 0.794. The predicted octanol–water partition coefficient (Wildman–Crippen LogP) is 1.42. The normalized spacial score (nSPS) is 21.7. The molecule has 1 aliphatic heterocycles. The molecule has 0 bridgehead atoms. The molecular weight excluding hydrogens is 252 g/mol. The third-order valence-corrected chi connectivity index (χ3v) is 4.15. The maximum absolute atomic E-state index is 11.7. The van der Waals surface area contributed by atoms with Gasteiger partial charge in [-0.2, -0.15) is 10.5 Å². The molecular formula is C15H22N4O. The summed E-state index contributed by atoms with van der Waals surface area (Å²) in [5, 5.41) is 20.8. The molecule has 2 rings (SSSR count). The number of carbonyl (C=O) groups excluding carboxylic acids is 1. The van der Waals surface area contributed by atoms with Crippen LogP contribution < -0.4 is 5.32 Å². The van der Waals surface area contributed by atoms with Crippen LogP contribution in [0.15, 0.2) is 0 Å². The summed E-state index contributed by atoms with van der Waals surface area (Å²) in [6.07, 6.45) is 5.14. The average Bonchev–Trinajstić information content (AvgIpc) is 3.30. The van der Waals surface area contributed by atoms with Gasteiger partial charge in [-0.25, -0.2) is 0 Å². The van der Waals surface area contributed by atoms with Gasteiger partial charge in [0.2, 0.25) is 5.91 Å². The van der Waals surface area contributed by atoms with Gasteiger partial charge in [0.15, 0.2) is 0 Å². The van der Waals surface area contributed by atoms with Crippen LogP contribution in [-0.4, -0.2) is 36.5 Å². The van der Waals surface area contributed by atoms with Crippen LogP contribution in [0.2, 0.25) is 0 Å². The molecule has 2 aliphatic rings. The van der Waals surface area contributed by atoms with Crippen LogP contribution >= 0.6 is 0 Å². The number of nitriles is 2. The summed E-state index contributed by atoms with van der Waals surface area (Å²) in [4.78, 5) is 14.0. The van der Waals surface area contributed by atoms with E-state index in [1.54, 1.807) is 0 Å². The molecule has 1 saturated heterocycles. The largest absolute Gasteiger partial charge is 0.353 e. The molecule has 5 heteroatoms. The van der Waals surface area contributed by atoms with Crippen molar-refractivity contribution < 1.29 is 4.79 Å². The molecule has 0 spiro atoms. The lowest BCUT2D eigenvalue weighted by Gasteiger charge is -2.33. The van der Waals surface area contributed by atoms with Crippen molar-refractivity contribution in [2.24, 2.45) is 11.8 Å². The van der Waals surface area contributed by atoms with Crippen LogP contribution in [0, 0.1) is 34.5 Å². The lowest BCUT2D eigenvalue weighted by atomic mass is 10.0. The van der Waals surface area contributed by atoms with E-state index in [1.165, 1.54) is 0 Å². The Bertz CT molecular complexity index is 411. The SMILES string of the molecule is N#CCCC(C#N)CN1CCC(NC(=O)C2CC2)CC1. The summed E-state index contributed by atoms with van der Waals surface area (Å²) in [5.74, 6) is 0.460. The molecule has 0 aromatic rings. The molecule has 5 nitrogen and oxygen atoms in total. The minimum absolute atomic E-state index is 0.0488. The maximum Gasteiger partial charge on any atom is 0.223 e. The molecule has 108 valence electrons. The van der Waals surface area contributed by atoms with Crippen LogP contribution in [0.3, 0.4) is 0 Å². The number of hydrogen-bond acceptors (Lipinski definition) is 4. The average molecular weight is 274 g/mol. The Balaban J connectivity index is 1.66. The van der Waals surface area contributed by atoms with Gasteiger partial charge in [-0.05, 0) is 32.1 Å². The Morgan fingerprint density at radius 2 is 1.95 bits per heavy atom. The van der Waals surface area contributed by atoms with E-state index in [1.807, 2.05) is 0 Å². The number of nitrogens with zero attached hydrogens (tertiary/aromatic N) is 3. The number of rotatable bonds is 6. The highest BCUT2D eigenvalue weighted by Crippen LogP contribution is 2.29. The number of likely N-dealkylation sites (tertiary alicyclic amines) is 1. The minimum Gasteiger partial charge on any atom is -0.353 e. The maximum atomic E-state index is 11.7. The van der Waals surface area contributed by atoms with E-state index < -0.39 is 0 Å². The van der Waals surface area contributed by atoms with Crippen LogP contribution in [0.25, 0.3) is 0 Å². The van der Waals surface area contributed by atoms with E-state index in [2.05, 4.69) is 22.4 Å². The number of amides is 1. The van der Waals surface area contributed by atoms with Gasteiger partial charge < -0.3 is 10.2 Å². The molecule has 2 fully saturated rings. The van der Waals surface area contributed by atoms with Crippen LogP contribution in [0.1, 0.15) is 38.5 Å². The van der Waals surface area contributed by atoms with Gasteiger partial charge >= 0.3 is 0 Å². The van der Waals surface area contributed by atoms with Crippen molar-refractivity contribution in [2.45, 2.75) is 44.6 Å². The Hall–Kier alpha value is -1.59. The highest BCUT2D eigenvalue weighted by atomic mass is 16.2. The zero-order valence-corrected chi connectivity index (χ0v) is 11.8. The van der Waals surface area contributed by atoms with E-state index in [0.717, 1.165) is 45.3 Å². The van der Waals surface area contributed by atoms with Crippen molar-refractivity contribution in [3.05, 3.63) is 0 Å². The second kappa shape index (κ2) is 7.26. The van der Waals surface area contributed by atoms with Gasteiger partial charge in [0.1, 0.15) is 0 Å². The van der Waals surface area contributed by atoms with E-state index in [0.29, 0.717) is 18.9 Å². The van der Waals surface area contributed by atoms with Crippen molar-refractivity contribution >= 4 is 5.91 Å². The molecule has 1 unspecified atom stereocenters. The van der Waals surface area contributed by atoms with Crippen LogP contribution in [-0.2, 0) is 4.79 Å². The summed E-state index contributed by atoms with van der Waals surface area (Å²) in [5.41, 5.74) is 0. The zero-order chi connectivity index (χ0) is 14.4. The molecule has 0 aromatic carbocycles. The summed E-state index contributed by atoms with van der Waals surface area (Å²) < 4.78 is 0. The van der Waals surface area contributed by atoms with Gasteiger partial charge in [0.25, 0.3) is 0 Å². The van der Waals surface area contributed by atoms with Crippen molar-refractivity contribution in [1.29, 1.82) is 10.5 Å². The molecule has 1 amide bonds. The third-order valence-electron chi connectivity index (χ3n) is 4.15. The summed E-state index contributed by atoms with van der Waals surface area (Å²) in [7, 11) is 0. The lowest BCUT2D eigenvalue weighted by molar-refractivity contribution is -0.123. The fourth-order valence-electron chi connectivity index (χ4n) is 2.67. The molecule has 1 atom stereocenters. The van der Waals surface area contributed by atoms with E-state index >= 15 is 0 Å². The second-order valence-electron chi connectivity index (χ2n) is 5.88. The molecule has 1 heterocycles. The Morgan fingerprint density at radius 1 is 1.25 bits per heavy atom. The number of carbonyl (C=O) groups is 1. The number of piperidine rings is 1. The predicted molar refractivity (Wildman–Crippen MR) is 74.3 cm³/mol. The van der Waals surface area contributed by atoms with Gasteiger partial charge in [-0.3, -0.25) is 4.79 Å². The summed E-state index contributed by atoms with van der Waals surface area (Å²) in [6, 6.07) is 4.69. The second-order valence-corrected chi connectivity index (χ2v) is 5.88. The first kappa shape index (κ1) is 14.8. The zero-order valence-electron chi connectivity index (χ0n) is 11.8. The van der Waals surface area contributed by atoms with Gasteiger partial charge in [-0.1, -0.05) is 0 Å². The Morgan fingerprint density at radius 3 is 2.50 bits per heavy atom. The molecule has 1 saturated carbocycles. The Labute approximate surface area is 120 Å². The fraction of sp³-hybridized carbons (Fsp3) is 0.800. The Kier molecular flexibility index (Phi) is 5.38.